The van der Waals surface area contributed by atoms with E-state index in [2.05, 4.69) is 114 Å². The highest BCUT2D eigenvalue weighted by molar-refractivity contribution is 5.90. The summed E-state index contributed by atoms with van der Waals surface area (Å²) in [5, 5.41) is 0. The molecule has 1 aliphatic carbocycles. The summed E-state index contributed by atoms with van der Waals surface area (Å²) in [6, 6.07) is 65.5. The Morgan fingerprint density at radius 1 is 0.339 bits per heavy atom. The minimum absolute atomic E-state index is 0.600. The third-order valence-corrected chi connectivity index (χ3v) is 11.1. The molecule has 0 saturated heterocycles. The van der Waals surface area contributed by atoms with Gasteiger partial charge in [-0.3, -0.25) is 4.98 Å². The number of ether oxygens (including phenoxy) is 1. The molecule has 0 unspecified atom stereocenters. The van der Waals surface area contributed by atoms with Gasteiger partial charge < -0.3 is 4.74 Å². The van der Waals surface area contributed by atoms with Crippen LogP contribution in [0.4, 0.5) is 0 Å². The van der Waals surface area contributed by atoms with E-state index in [0.29, 0.717) is 17.5 Å². The van der Waals surface area contributed by atoms with E-state index in [-0.39, 0.29) is 0 Å². The zero-order valence-corrected chi connectivity index (χ0v) is 30.2. The Morgan fingerprint density at radius 3 is 1.38 bits per heavy atom. The molecule has 11 rings (SSSR count). The maximum atomic E-state index is 6.88. The van der Waals surface area contributed by atoms with E-state index in [4.69, 9.17) is 19.7 Å². The molecular weight excluding hydrogens is 685 g/mol. The molecule has 1 aliphatic heterocycles. The first-order valence-corrected chi connectivity index (χ1v) is 18.8. The molecule has 0 fully saturated rings. The lowest BCUT2D eigenvalue weighted by Gasteiger charge is -2.40. The second kappa shape index (κ2) is 12.8. The lowest BCUT2D eigenvalue weighted by Crippen LogP contribution is -2.32. The molecule has 56 heavy (non-hydrogen) atoms. The fourth-order valence-corrected chi connectivity index (χ4v) is 8.53. The molecular formula is C51H32N4O. The Balaban J connectivity index is 1.13. The van der Waals surface area contributed by atoms with Gasteiger partial charge >= 0.3 is 0 Å². The van der Waals surface area contributed by atoms with Crippen LogP contribution in [-0.2, 0) is 5.41 Å². The van der Waals surface area contributed by atoms with Gasteiger partial charge in [-0.2, -0.15) is 0 Å². The number of hydrogen-bond donors (Lipinski definition) is 0. The van der Waals surface area contributed by atoms with Gasteiger partial charge in [-0.1, -0.05) is 146 Å². The van der Waals surface area contributed by atoms with Crippen molar-refractivity contribution >= 4 is 0 Å². The Bertz CT molecular complexity index is 2830. The van der Waals surface area contributed by atoms with E-state index >= 15 is 0 Å². The Labute approximate surface area is 324 Å². The summed E-state index contributed by atoms with van der Waals surface area (Å²) in [7, 11) is 0. The normalized spacial score (nSPS) is 12.9. The summed E-state index contributed by atoms with van der Waals surface area (Å²) in [5.41, 5.74) is 13.3. The van der Waals surface area contributed by atoms with Gasteiger partial charge in [-0.05, 0) is 75.8 Å². The van der Waals surface area contributed by atoms with Gasteiger partial charge in [0.05, 0.1) is 11.1 Å². The van der Waals surface area contributed by atoms with Gasteiger partial charge in [-0.15, -0.1) is 0 Å². The highest BCUT2D eigenvalue weighted by Crippen LogP contribution is 2.62. The number of benzene rings is 7. The molecule has 0 radical (unpaired) electrons. The zero-order valence-electron chi connectivity index (χ0n) is 30.2. The molecule has 2 aliphatic rings. The maximum Gasteiger partial charge on any atom is 0.164 e. The summed E-state index contributed by atoms with van der Waals surface area (Å²) < 4.78 is 6.88. The van der Waals surface area contributed by atoms with Crippen LogP contribution in [0.2, 0.25) is 0 Å². The highest BCUT2D eigenvalue weighted by atomic mass is 16.5. The first-order valence-electron chi connectivity index (χ1n) is 18.8. The molecule has 7 aromatic carbocycles. The SMILES string of the molecule is c1ccc(-c2nc(-c3ccccc3)nc(-c3ccc4c(c3)C3(c5cc(-c6ccc(-c7ccccn7)cc6)ccc5O4)c4ccccc4-c4ccccc43)n2)cc1. The molecule has 5 heteroatoms. The monoisotopic (exact) mass is 716 g/mol. The van der Waals surface area contributed by atoms with E-state index in [1.54, 1.807) is 0 Å². The third kappa shape index (κ3) is 5.02. The van der Waals surface area contributed by atoms with Crippen molar-refractivity contribution in [2.24, 2.45) is 0 Å². The molecule has 3 heterocycles. The second-order valence-electron chi connectivity index (χ2n) is 14.2. The summed E-state index contributed by atoms with van der Waals surface area (Å²) in [6.07, 6.45) is 1.83. The molecule has 0 saturated carbocycles. The molecule has 5 nitrogen and oxygen atoms in total. The Morgan fingerprint density at radius 2 is 0.804 bits per heavy atom. The van der Waals surface area contributed by atoms with Crippen molar-refractivity contribution in [1.29, 1.82) is 0 Å². The number of hydrogen-bond acceptors (Lipinski definition) is 5. The van der Waals surface area contributed by atoms with E-state index in [1.807, 2.05) is 85.1 Å². The molecule has 0 amide bonds. The topological polar surface area (TPSA) is 60.8 Å². The lowest BCUT2D eigenvalue weighted by molar-refractivity contribution is 0.436. The van der Waals surface area contributed by atoms with Crippen LogP contribution in [0.1, 0.15) is 22.3 Å². The number of nitrogens with zero attached hydrogens (tertiary/aromatic N) is 4. The average molecular weight is 717 g/mol. The maximum absolute atomic E-state index is 6.88. The third-order valence-electron chi connectivity index (χ3n) is 11.1. The number of pyridine rings is 1. The van der Waals surface area contributed by atoms with Crippen LogP contribution in [0.3, 0.4) is 0 Å². The molecule has 262 valence electrons. The molecule has 2 aromatic heterocycles. The van der Waals surface area contributed by atoms with Crippen molar-refractivity contribution in [2.75, 3.05) is 0 Å². The predicted octanol–water partition coefficient (Wildman–Crippen LogP) is 12.1. The first kappa shape index (κ1) is 32.0. The Hall–Kier alpha value is -7.50. The lowest BCUT2D eigenvalue weighted by atomic mass is 9.65. The van der Waals surface area contributed by atoms with E-state index in [0.717, 1.165) is 61.7 Å². The fraction of sp³-hybridized carbons (Fsp3) is 0.0196. The molecule has 0 bridgehead atoms. The van der Waals surface area contributed by atoms with Crippen molar-refractivity contribution in [2.45, 2.75) is 5.41 Å². The molecule has 1 spiro atoms. The van der Waals surface area contributed by atoms with Crippen molar-refractivity contribution in [3.63, 3.8) is 0 Å². The van der Waals surface area contributed by atoms with Gasteiger partial charge in [-0.25, -0.2) is 15.0 Å². The van der Waals surface area contributed by atoms with Crippen LogP contribution < -0.4 is 4.74 Å². The van der Waals surface area contributed by atoms with E-state index in [9.17, 15) is 0 Å². The summed E-state index contributed by atoms with van der Waals surface area (Å²) >= 11 is 0. The second-order valence-corrected chi connectivity index (χ2v) is 14.2. The quantitative estimate of drug-likeness (QED) is 0.177. The summed E-state index contributed by atoms with van der Waals surface area (Å²) in [4.78, 5) is 19.7. The van der Waals surface area contributed by atoms with E-state index in [1.165, 1.54) is 22.3 Å². The van der Waals surface area contributed by atoms with Crippen molar-refractivity contribution in [3.05, 3.63) is 217 Å². The van der Waals surface area contributed by atoms with Crippen LogP contribution in [0.5, 0.6) is 11.5 Å². The molecule has 9 aromatic rings. The average Bonchev–Trinajstić information content (AvgIpc) is 3.58. The van der Waals surface area contributed by atoms with Crippen LogP contribution in [0.25, 0.3) is 67.7 Å². The minimum atomic E-state index is -0.673. The van der Waals surface area contributed by atoms with Crippen LogP contribution >= 0.6 is 0 Å². The van der Waals surface area contributed by atoms with E-state index < -0.39 is 5.41 Å². The first-order chi connectivity index (χ1) is 27.7. The molecule has 0 atom stereocenters. The number of fused-ring (bicyclic) bond motifs is 9. The molecule has 0 N–H and O–H groups in total. The summed E-state index contributed by atoms with van der Waals surface area (Å²) in [6.45, 7) is 0. The van der Waals surface area contributed by atoms with Gasteiger partial charge in [0.15, 0.2) is 17.5 Å². The van der Waals surface area contributed by atoms with Gasteiger partial charge in [0.25, 0.3) is 0 Å². The summed E-state index contributed by atoms with van der Waals surface area (Å²) in [5.74, 6) is 3.49. The standard InChI is InChI=1S/C51H32N4O/c1-3-13-35(14-4-1)48-53-49(36-15-5-2-6-16-36)55-50(54-48)38-27-29-47-44(32-38)51(41-19-9-7-17-39(41)40-18-8-10-20-42(40)51)43-31-37(26-28-46(43)56-47)33-22-24-34(25-23-33)45-21-11-12-30-52-45/h1-32H. The fourth-order valence-electron chi connectivity index (χ4n) is 8.53. The van der Waals surface area contributed by atoms with Crippen LogP contribution in [-0.4, -0.2) is 19.9 Å². The highest BCUT2D eigenvalue weighted by Gasteiger charge is 2.51. The number of rotatable bonds is 5. The minimum Gasteiger partial charge on any atom is -0.457 e. The zero-order chi connectivity index (χ0) is 37.1. The number of aromatic nitrogens is 4. The van der Waals surface area contributed by atoms with Crippen molar-refractivity contribution < 1.29 is 4.74 Å². The van der Waals surface area contributed by atoms with Crippen molar-refractivity contribution in [1.82, 2.24) is 19.9 Å². The smallest absolute Gasteiger partial charge is 0.164 e. The predicted molar refractivity (Wildman–Crippen MR) is 222 cm³/mol. The van der Waals surface area contributed by atoms with Gasteiger partial charge in [0.1, 0.15) is 11.5 Å². The van der Waals surface area contributed by atoms with Crippen LogP contribution in [0, 0.1) is 0 Å². The van der Waals surface area contributed by atoms with Crippen LogP contribution in [0.15, 0.2) is 194 Å². The Kier molecular flexibility index (Phi) is 7.32. The van der Waals surface area contributed by atoms with Gasteiger partial charge in [0.2, 0.25) is 0 Å². The largest absolute Gasteiger partial charge is 0.457 e. The van der Waals surface area contributed by atoms with Crippen molar-refractivity contribution in [3.8, 4) is 79.2 Å². The van der Waals surface area contributed by atoms with Gasteiger partial charge in [0, 0.05) is 39.6 Å².